The first-order valence-electron chi connectivity index (χ1n) is 7.06. The first kappa shape index (κ1) is 15.2. The topological polar surface area (TPSA) is 58.3 Å². The number of rotatable bonds is 7. The molecule has 2 rings (SSSR count). The third-order valence-electron chi connectivity index (χ3n) is 2.96. The van der Waals surface area contributed by atoms with Crippen molar-refractivity contribution in [3.8, 4) is 5.69 Å². The Hall–Kier alpha value is -2.21. The van der Waals surface area contributed by atoms with E-state index in [1.54, 1.807) is 11.0 Å². The first-order chi connectivity index (χ1) is 10.1. The van der Waals surface area contributed by atoms with Crippen LogP contribution in [0.15, 0.2) is 35.7 Å². The molecule has 1 N–H and O–H groups in total. The summed E-state index contributed by atoms with van der Waals surface area (Å²) in [4.78, 5) is 6.29. The van der Waals surface area contributed by atoms with Crippen molar-refractivity contribution in [1.82, 2.24) is 19.7 Å². The van der Waals surface area contributed by atoms with Gasteiger partial charge in [-0.1, -0.05) is 0 Å². The highest BCUT2D eigenvalue weighted by Crippen LogP contribution is 2.12. The zero-order valence-electron chi connectivity index (χ0n) is 12.8. The number of unbranched alkanes of at least 4 members (excludes halogenated alkanes) is 1. The third kappa shape index (κ3) is 5.00. The summed E-state index contributed by atoms with van der Waals surface area (Å²) in [5, 5.41) is 8.49. The summed E-state index contributed by atoms with van der Waals surface area (Å²) in [6.07, 6.45) is 5.71. The second-order valence-corrected chi connectivity index (χ2v) is 5.15. The van der Waals surface area contributed by atoms with Gasteiger partial charge in [0, 0.05) is 6.21 Å². The van der Waals surface area contributed by atoms with Crippen molar-refractivity contribution in [3.05, 3.63) is 36.4 Å². The normalized spacial score (nSPS) is 11.4. The minimum absolute atomic E-state index is 0.763. The van der Waals surface area contributed by atoms with Crippen LogP contribution in [-0.4, -0.2) is 46.5 Å². The number of hydrogen-bond acceptors (Lipinski definition) is 5. The lowest BCUT2D eigenvalue weighted by Gasteiger charge is -2.06. The number of aryl methyl sites for hydroxylation is 1. The van der Waals surface area contributed by atoms with Crippen LogP contribution in [-0.2, 0) is 0 Å². The van der Waals surface area contributed by atoms with E-state index in [9.17, 15) is 0 Å². The fourth-order valence-corrected chi connectivity index (χ4v) is 1.84. The van der Waals surface area contributed by atoms with Crippen LogP contribution < -0.4 is 5.43 Å². The average Bonchev–Trinajstić information content (AvgIpc) is 2.90. The molecule has 112 valence electrons. The van der Waals surface area contributed by atoms with Gasteiger partial charge in [0.2, 0.25) is 0 Å². The van der Waals surface area contributed by atoms with E-state index in [1.807, 2.05) is 37.4 Å². The molecule has 6 nitrogen and oxygen atoms in total. The highest BCUT2D eigenvalue weighted by atomic mass is 15.3. The quantitative estimate of drug-likeness (QED) is 0.482. The number of hydrazone groups is 1. The van der Waals surface area contributed by atoms with E-state index >= 15 is 0 Å². The van der Waals surface area contributed by atoms with Gasteiger partial charge in [-0.3, -0.25) is 5.43 Å². The summed E-state index contributed by atoms with van der Waals surface area (Å²) in [7, 11) is 4.15. The van der Waals surface area contributed by atoms with Crippen LogP contribution in [0, 0.1) is 6.92 Å². The molecule has 0 aliphatic heterocycles. The van der Waals surface area contributed by atoms with Gasteiger partial charge in [0.05, 0.1) is 11.4 Å². The molecule has 1 aromatic heterocycles. The predicted octanol–water partition coefficient (Wildman–Crippen LogP) is 2.32. The summed E-state index contributed by atoms with van der Waals surface area (Å²) in [5.74, 6) is 0.763. The molecule has 0 spiro atoms. The van der Waals surface area contributed by atoms with E-state index < -0.39 is 0 Å². The van der Waals surface area contributed by atoms with E-state index in [1.165, 1.54) is 0 Å². The van der Waals surface area contributed by atoms with Crippen molar-refractivity contribution in [2.24, 2.45) is 5.10 Å². The average molecular weight is 286 g/mol. The molecule has 0 saturated carbocycles. The van der Waals surface area contributed by atoms with Crippen molar-refractivity contribution in [1.29, 1.82) is 0 Å². The van der Waals surface area contributed by atoms with Crippen molar-refractivity contribution < 1.29 is 0 Å². The molecular weight excluding hydrogens is 264 g/mol. The van der Waals surface area contributed by atoms with E-state index in [0.717, 1.165) is 36.6 Å². The summed E-state index contributed by atoms with van der Waals surface area (Å²) < 4.78 is 1.75. The van der Waals surface area contributed by atoms with Crippen LogP contribution in [0.2, 0.25) is 0 Å². The maximum absolute atomic E-state index is 4.27. The molecule has 0 amide bonds. The number of nitrogens with zero attached hydrogens (tertiary/aromatic N) is 5. The Morgan fingerprint density at radius 3 is 2.67 bits per heavy atom. The smallest absolute Gasteiger partial charge is 0.147 e. The molecule has 21 heavy (non-hydrogen) atoms. The summed E-state index contributed by atoms with van der Waals surface area (Å²) in [6, 6.07) is 7.92. The molecule has 0 aliphatic rings. The van der Waals surface area contributed by atoms with E-state index in [0.29, 0.717) is 0 Å². The predicted molar refractivity (Wildman–Crippen MR) is 86.0 cm³/mol. The Bertz CT molecular complexity index is 570. The van der Waals surface area contributed by atoms with Gasteiger partial charge in [-0.2, -0.15) is 10.2 Å². The first-order valence-corrected chi connectivity index (χ1v) is 7.06. The zero-order chi connectivity index (χ0) is 15.1. The Balaban J connectivity index is 1.81. The van der Waals surface area contributed by atoms with Gasteiger partial charge in [0.25, 0.3) is 0 Å². The minimum atomic E-state index is 0.763. The second-order valence-electron chi connectivity index (χ2n) is 5.15. The summed E-state index contributed by atoms with van der Waals surface area (Å²) in [5.41, 5.74) is 4.97. The molecule has 0 bridgehead atoms. The number of hydrogen-bond donors (Lipinski definition) is 1. The van der Waals surface area contributed by atoms with E-state index in [-0.39, 0.29) is 0 Å². The Morgan fingerprint density at radius 2 is 2.05 bits per heavy atom. The van der Waals surface area contributed by atoms with Crippen molar-refractivity contribution in [3.63, 3.8) is 0 Å². The monoisotopic (exact) mass is 286 g/mol. The van der Waals surface area contributed by atoms with Crippen LogP contribution >= 0.6 is 0 Å². The highest BCUT2D eigenvalue weighted by molar-refractivity contribution is 5.59. The second kappa shape index (κ2) is 7.54. The Kier molecular flexibility index (Phi) is 5.45. The van der Waals surface area contributed by atoms with Crippen LogP contribution in [0.25, 0.3) is 5.69 Å². The van der Waals surface area contributed by atoms with Gasteiger partial charge in [0.15, 0.2) is 0 Å². The molecule has 0 aliphatic carbocycles. The maximum Gasteiger partial charge on any atom is 0.147 e. The van der Waals surface area contributed by atoms with Crippen molar-refractivity contribution in [2.45, 2.75) is 19.8 Å². The number of nitrogens with one attached hydrogen (secondary N) is 1. The van der Waals surface area contributed by atoms with Crippen LogP contribution in [0.3, 0.4) is 0 Å². The van der Waals surface area contributed by atoms with Gasteiger partial charge in [-0.05, 0) is 64.7 Å². The fraction of sp³-hybridized carbons (Fsp3) is 0.400. The number of aromatic nitrogens is 3. The molecular formula is C15H22N6. The Labute approximate surface area is 125 Å². The van der Waals surface area contributed by atoms with Crippen LogP contribution in [0.4, 0.5) is 5.69 Å². The maximum atomic E-state index is 4.27. The van der Waals surface area contributed by atoms with Gasteiger partial charge in [-0.25, -0.2) is 9.67 Å². The lowest BCUT2D eigenvalue weighted by atomic mass is 10.3. The SMILES string of the molecule is Cc1ncn(-c2ccc(NN=CCCCN(C)C)cc2)n1. The van der Waals surface area contributed by atoms with Crippen molar-refractivity contribution in [2.75, 3.05) is 26.1 Å². The number of benzene rings is 1. The largest absolute Gasteiger partial charge is 0.309 e. The van der Waals surface area contributed by atoms with Gasteiger partial charge in [0.1, 0.15) is 12.2 Å². The molecule has 0 unspecified atom stereocenters. The van der Waals surface area contributed by atoms with E-state index in [4.69, 9.17) is 0 Å². The third-order valence-corrected chi connectivity index (χ3v) is 2.96. The molecule has 6 heteroatoms. The molecule has 1 aromatic carbocycles. The lowest BCUT2D eigenvalue weighted by molar-refractivity contribution is 0.404. The van der Waals surface area contributed by atoms with Crippen LogP contribution in [0.1, 0.15) is 18.7 Å². The van der Waals surface area contributed by atoms with Gasteiger partial charge >= 0.3 is 0 Å². The Morgan fingerprint density at radius 1 is 1.29 bits per heavy atom. The van der Waals surface area contributed by atoms with Gasteiger partial charge in [-0.15, -0.1) is 0 Å². The van der Waals surface area contributed by atoms with Gasteiger partial charge < -0.3 is 4.90 Å². The van der Waals surface area contributed by atoms with Crippen molar-refractivity contribution >= 4 is 11.9 Å². The standard InChI is InChI=1S/C15H22N6/c1-13-16-12-21(19-13)15-8-6-14(7-9-15)18-17-10-4-5-11-20(2)3/h6-10,12,18H,4-5,11H2,1-3H3. The molecule has 0 atom stereocenters. The lowest BCUT2D eigenvalue weighted by Crippen LogP contribution is -2.12. The zero-order valence-corrected chi connectivity index (χ0v) is 12.8. The summed E-state index contributed by atoms with van der Waals surface area (Å²) in [6.45, 7) is 2.95. The van der Waals surface area contributed by atoms with Crippen LogP contribution in [0.5, 0.6) is 0 Å². The fourth-order valence-electron chi connectivity index (χ4n) is 1.84. The van der Waals surface area contributed by atoms with E-state index in [2.05, 4.69) is 39.6 Å². The summed E-state index contributed by atoms with van der Waals surface area (Å²) >= 11 is 0. The molecule has 0 saturated heterocycles. The number of anilines is 1. The molecule has 1 heterocycles. The molecule has 2 aromatic rings. The highest BCUT2D eigenvalue weighted by Gasteiger charge is 1.98. The molecule has 0 fully saturated rings. The molecule has 0 radical (unpaired) electrons. The minimum Gasteiger partial charge on any atom is -0.309 e.